The van der Waals surface area contributed by atoms with Gasteiger partial charge in [-0.3, -0.25) is 4.79 Å². The number of hydrogen-bond acceptors (Lipinski definition) is 6. The lowest BCUT2D eigenvalue weighted by Crippen LogP contribution is -2.31. The van der Waals surface area contributed by atoms with E-state index >= 15 is 0 Å². The van der Waals surface area contributed by atoms with E-state index in [1.807, 2.05) is 24.3 Å². The van der Waals surface area contributed by atoms with Gasteiger partial charge in [-0.1, -0.05) is 23.7 Å². The van der Waals surface area contributed by atoms with E-state index < -0.39 is 0 Å². The fourth-order valence-corrected chi connectivity index (χ4v) is 4.81. The molecule has 4 aromatic rings. The molecule has 3 heterocycles. The highest BCUT2D eigenvalue weighted by Crippen LogP contribution is 2.35. The highest BCUT2D eigenvalue weighted by molar-refractivity contribution is 6.33. The maximum absolute atomic E-state index is 14.2. The highest BCUT2D eigenvalue weighted by atomic mass is 35.5. The lowest BCUT2D eigenvalue weighted by Gasteiger charge is -2.24. The molecule has 0 spiro atoms. The minimum atomic E-state index is -0.345. The van der Waals surface area contributed by atoms with Gasteiger partial charge in [-0.2, -0.15) is 0 Å². The number of benzene rings is 2. The zero-order chi connectivity index (χ0) is 25.4. The first-order chi connectivity index (χ1) is 17.3. The standard InChI is InChI=1S/C26H27ClFN7O/c1-15(36)31-22-11-16(7-8-23(22)35-10-9-17(14-35)34(2)3)32-26-30-13-20(27)24(33-26)19-12-29-25-18(19)5-4-6-21(25)28/h4-8,11-13,17,29H,9-10,14H2,1-3H3,(H,31,36)(H,30,32,33)/t17-/m0/s1. The second kappa shape index (κ2) is 9.75. The van der Waals surface area contributed by atoms with Gasteiger partial charge < -0.3 is 25.4 Å². The molecule has 1 fully saturated rings. The quantitative estimate of drug-likeness (QED) is 0.330. The lowest BCUT2D eigenvalue weighted by atomic mass is 10.1. The van der Waals surface area contributed by atoms with E-state index in [0.717, 1.165) is 25.2 Å². The number of aromatic nitrogens is 3. The molecule has 0 unspecified atom stereocenters. The van der Waals surface area contributed by atoms with Crippen LogP contribution in [0.1, 0.15) is 13.3 Å². The van der Waals surface area contributed by atoms with Crippen molar-refractivity contribution in [2.75, 3.05) is 42.7 Å². The van der Waals surface area contributed by atoms with Crippen LogP contribution in [0.15, 0.2) is 48.8 Å². The maximum atomic E-state index is 14.2. The molecule has 36 heavy (non-hydrogen) atoms. The highest BCUT2D eigenvalue weighted by Gasteiger charge is 2.26. The van der Waals surface area contributed by atoms with E-state index in [1.54, 1.807) is 12.3 Å². The van der Waals surface area contributed by atoms with Crippen molar-refractivity contribution in [1.82, 2.24) is 19.9 Å². The Balaban J connectivity index is 1.45. The van der Waals surface area contributed by atoms with Crippen LogP contribution in [0, 0.1) is 5.82 Å². The number of rotatable bonds is 6. The summed E-state index contributed by atoms with van der Waals surface area (Å²) < 4.78 is 14.2. The van der Waals surface area contributed by atoms with Gasteiger partial charge in [-0.15, -0.1) is 0 Å². The summed E-state index contributed by atoms with van der Waals surface area (Å²) in [6.45, 7) is 3.30. The predicted octanol–water partition coefficient (Wildman–Crippen LogP) is 5.26. The summed E-state index contributed by atoms with van der Waals surface area (Å²) in [5.74, 6) is -0.161. The van der Waals surface area contributed by atoms with Gasteiger partial charge in [0.05, 0.1) is 33.8 Å². The zero-order valence-electron chi connectivity index (χ0n) is 20.3. The molecular weight excluding hydrogens is 481 g/mol. The average Bonchev–Trinajstić information content (AvgIpc) is 3.49. The first-order valence-corrected chi connectivity index (χ1v) is 12.1. The van der Waals surface area contributed by atoms with E-state index in [1.165, 1.54) is 19.2 Å². The van der Waals surface area contributed by atoms with Crippen LogP contribution in [0.2, 0.25) is 5.02 Å². The summed E-state index contributed by atoms with van der Waals surface area (Å²) in [5.41, 5.74) is 3.96. The van der Waals surface area contributed by atoms with Crippen LogP contribution in [0.4, 0.5) is 27.4 Å². The number of fused-ring (bicyclic) bond motifs is 1. The summed E-state index contributed by atoms with van der Waals surface area (Å²) in [4.78, 5) is 28.3. The molecule has 8 nitrogen and oxygen atoms in total. The monoisotopic (exact) mass is 507 g/mol. The number of anilines is 4. The van der Waals surface area contributed by atoms with E-state index in [4.69, 9.17) is 11.6 Å². The Morgan fingerprint density at radius 1 is 1.28 bits per heavy atom. The molecule has 1 aliphatic heterocycles. The van der Waals surface area contributed by atoms with E-state index in [-0.39, 0.29) is 11.7 Å². The molecule has 0 radical (unpaired) electrons. The van der Waals surface area contributed by atoms with Crippen molar-refractivity contribution < 1.29 is 9.18 Å². The number of nitrogens with zero attached hydrogens (tertiary/aromatic N) is 4. The number of para-hydroxylation sites is 1. The van der Waals surface area contributed by atoms with Crippen LogP contribution < -0.4 is 15.5 Å². The third-order valence-electron chi connectivity index (χ3n) is 6.46. The molecule has 1 saturated heterocycles. The molecule has 3 N–H and O–H groups in total. The first-order valence-electron chi connectivity index (χ1n) is 11.7. The largest absolute Gasteiger partial charge is 0.368 e. The number of nitrogens with one attached hydrogen (secondary N) is 3. The molecular formula is C26H27ClFN7O. The van der Waals surface area contributed by atoms with Crippen molar-refractivity contribution in [3.63, 3.8) is 0 Å². The molecule has 0 aliphatic carbocycles. The number of likely N-dealkylation sites (N-methyl/N-ethyl adjacent to an activating group) is 1. The van der Waals surface area contributed by atoms with Gasteiger partial charge in [0.2, 0.25) is 11.9 Å². The predicted molar refractivity (Wildman–Crippen MR) is 143 cm³/mol. The van der Waals surface area contributed by atoms with Crippen LogP contribution in [-0.2, 0) is 4.79 Å². The smallest absolute Gasteiger partial charge is 0.227 e. The minimum Gasteiger partial charge on any atom is -0.368 e. The fraction of sp³-hybridized carbons (Fsp3) is 0.269. The van der Waals surface area contributed by atoms with Crippen LogP contribution in [0.5, 0.6) is 0 Å². The summed E-state index contributed by atoms with van der Waals surface area (Å²) in [5, 5.41) is 7.19. The number of halogens is 2. The SMILES string of the molecule is CC(=O)Nc1cc(Nc2ncc(Cl)c(-c3c[nH]c4c(F)cccc34)n2)ccc1N1CC[C@H](N(C)C)C1. The van der Waals surface area contributed by atoms with E-state index in [2.05, 4.69) is 49.5 Å². The van der Waals surface area contributed by atoms with Crippen LogP contribution in [0.25, 0.3) is 22.2 Å². The molecule has 186 valence electrons. The van der Waals surface area contributed by atoms with Crippen LogP contribution >= 0.6 is 11.6 Å². The van der Waals surface area contributed by atoms with Gasteiger partial charge in [0.1, 0.15) is 5.82 Å². The topological polar surface area (TPSA) is 89.2 Å². The first kappa shape index (κ1) is 24.0. The van der Waals surface area contributed by atoms with Crippen LogP contribution in [0.3, 0.4) is 0 Å². The third kappa shape index (κ3) is 4.72. The number of amides is 1. The second-order valence-corrected chi connectivity index (χ2v) is 9.55. The van der Waals surface area contributed by atoms with Crippen molar-refractivity contribution in [1.29, 1.82) is 0 Å². The Morgan fingerprint density at radius 2 is 2.11 bits per heavy atom. The summed E-state index contributed by atoms with van der Waals surface area (Å²) in [7, 11) is 4.17. The van der Waals surface area contributed by atoms with Gasteiger partial charge in [0.25, 0.3) is 0 Å². The average molecular weight is 508 g/mol. The van der Waals surface area contributed by atoms with Crippen molar-refractivity contribution in [3.05, 3.63) is 59.6 Å². The van der Waals surface area contributed by atoms with Gasteiger partial charge >= 0.3 is 0 Å². The number of aromatic amines is 1. The van der Waals surface area contributed by atoms with Gasteiger partial charge in [-0.05, 0) is 44.8 Å². The Hall–Kier alpha value is -3.69. The Labute approximate surface area is 213 Å². The summed E-state index contributed by atoms with van der Waals surface area (Å²) >= 11 is 6.42. The van der Waals surface area contributed by atoms with Gasteiger partial charge in [0.15, 0.2) is 0 Å². The number of carbonyl (C=O) groups is 1. The molecule has 10 heteroatoms. The van der Waals surface area contributed by atoms with Crippen LogP contribution in [-0.4, -0.2) is 59.0 Å². The molecule has 1 amide bonds. The molecule has 1 aliphatic rings. The van der Waals surface area contributed by atoms with E-state index in [9.17, 15) is 9.18 Å². The Kier molecular flexibility index (Phi) is 6.51. The normalized spacial score (nSPS) is 15.6. The minimum absolute atomic E-state index is 0.145. The van der Waals surface area contributed by atoms with Gasteiger partial charge in [0, 0.05) is 48.9 Å². The Bertz CT molecular complexity index is 1440. The van der Waals surface area contributed by atoms with Crippen molar-refractivity contribution in [3.8, 4) is 11.3 Å². The number of hydrogen-bond donors (Lipinski definition) is 3. The molecule has 5 rings (SSSR count). The molecule has 2 aromatic heterocycles. The molecule has 2 aromatic carbocycles. The molecule has 0 saturated carbocycles. The van der Waals surface area contributed by atoms with Crippen molar-refractivity contribution >= 4 is 51.4 Å². The van der Waals surface area contributed by atoms with Crippen molar-refractivity contribution in [2.24, 2.45) is 0 Å². The van der Waals surface area contributed by atoms with Crippen molar-refractivity contribution in [2.45, 2.75) is 19.4 Å². The lowest BCUT2D eigenvalue weighted by molar-refractivity contribution is -0.114. The number of carbonyl (C=O) groups excluding carboxylic acids is 1. The zero-order valence-corrected chi connectivity index (χ0v) is 21.0. The summed E-state index contributed by atoms with van der Waals surface area (Å²) in [6, 6.07) is 11.1. The maximum Gasteiger partial charge on any atom is 0.227 e. The number of H-pyrrole nitrogens is 1. The summed E-state index contributed by atoms with van der Waals surface area (Å²) in [6.07, 6.45) is 4.26. The Morgan fingerprint density at radius 3 is 2.86 bits per heavy atom. The molecule has 1 atom stereocenters. The second-order valence-electron chi connectivity index (χ2n) is 9.15. The van der Waals surface area contributed by atoms with Gasteiger partial charge in [-0.25, -0.2) is 14.4 Å². The third-order valence-corrected chi connectivity index (χ3v) is 6.74. The van der Waals surface area contributed by atoms with E-state index in [0.29, 0.717) is 50.5 Å². The fourth-order valence-electron chi connectivity index (χ4n) is 4.62. The molecule has 0 bridgehead atoms.